The molecule has 18 atom stereocenters. The number of rotatable bonds is 28. The molecule has 7 aliphatic rings. The maximum absolute atomic E-state index is 12.5. The van der Waals surface area contributed by atoms with Gasteiger partial charge in [0.05, 0.1) is 38.8 Å². The number of hydrogen-bond donors (Lipinski definition) is 9. The van der Waals surface area contributed by atoms with Crippen molar-refractivity contribution in [2.75, 3.05) is 48.9 Å². The summed E-state index contributed by atoms with van der Waals surface area (Å²) < 4.78 is 108. The van der Waals surface area contributed by atoms with E-state index < -0.39 is 148 Å². The summed E-state index contributed by atoms with van der Waals surface area (Å²) in [5, 5.41) is 16.5. The third kappa shape index (κ3) is 20.9. The number of nitrogens with zero attached hydrogens (tertiary/aromatic N) is 12. The van der Waals surface area contributed by atoms with Crippen LogP contribution in [0.1, 0.15) is 101 Å². The second-order valence-electron chi connectivity index (χ2n) is 27.6. The first-order valence-electron chi connectivity index (χ1n) is 37.2. The van der Waals surface area contributed by atoms with Crippen LogP contribution in [0.2, 0.25) is 0 Å². The summed E-state index contributed by atoms with van der Waals surface area (Å²) in [4.78, 5) is 137. The van der Waals surface area contributed by atoms with Gasteiger partial charge in [-0.05, 0) is 42.9 Å². The number of unbranched alkanes of at least 4 members (excludes halogenated alkanes) is 3. The zero-order valence-corrected chi connectivity index (χ0v) is 64.5. The van der Waals surface area contributed by atoms with E-state index in [9.17, 15) is 42.8 Å². The van der Waals surface area contributed by atoms with Crippen LogP contribution in [0.3, 0.4) is 0 Å². The van der Waals surface area contributed by atoms with E-state index in [-0.39, 0.29) is 29.5 Å². The molecule has 45 heteroatoms. The number of aromatic nitrogens is 12. The van der Waals surface area contributed by atoms with E-state index in [1.54, 1.807) is 20.6 Å². The second-order valence-corrected chi connectivity index (χ2v) is 31.2. The number of fused-ring (bicyclic) bond motifs is 6. The molecule has 115 heavy (non-hydrogen) atoms. The van der Waals surface area contributed by atoms with Crippen molar-refractivity contribution in [2.45, 2.75) is 183 Å². The highest BCUT2D eigenvalue weighted by Crippen LogP contribution is 2.47. The molecule has 3 aromatic carbocycles. The standard InChI is InChI=1S/C25H33N6O8P.C24H29N6O8P.C21H25N6O8P/c1-2-3-4-8-11-26-25(32)30-22-19-23(28-14-27-22)31(15-29-19)24-21-20(17(37-24)13-36-40(33,34)35)38-18(39-21)12-16-9-6-5-7-10-16;31-24(28-15-8-4-5-9-15)29-21-18-22(26-12-25-21)30(13-27-18)23-20-19(16(36-23)11-35-39(32,33)34)37-17(38-20)10-14-6-2-1-3-7-14;1-2-22-21(28)26-18-15-19(24-10-23-18)27(11-25-15)20-17-16(13(33-20)9-32-36(29,30)31)34-14(35-17)8-12-6-4-3-5-7-12/h5-7,9-10,14-15,17-18,20-21,24H,2-4,8,11-13H2,1H3,(H2,33,34,35)(H2,26,27,28,30,32);1-3,6-7,12-13,15-17,19-20,23H,4-5,8-11H2,(H2,32,33,34)(H2,25,26,28,29,31);3-7,10-11,13-14,16-17,20H,2,8-9H2,1H3,(H2,29,30,31)(H2,22,23,24,26,28)/p-3/t17-,18?,20?,21+,24-;16-,17?,19?,20+,23-;13-,14?,16?,17+,20-/m111/s1. The number of urea groups is 3. The number of imidazole rings is 3. The van der Waals surface area contributed by atoms with Crippen LogP contribution in [-0.4, -0.2) is 204 Å². The number of anilines is 3. The average molecular weight is 1650 g/mol. The lowest BCUT2D eigenvalue weighted by atomic mass is 10.1. The van der Waals surface area contributed by atoms with Crippen molar-refractivity contribution in [1.82, 2.24) is 74.5 Å². The fourth-order valence-electron chi connectivity index (χ4n) is 14.5. The Balaban J connectivity index is 0.000000143. The minimum absolute atomic E-state index is 0.134. The average Bonchev–Trinajstić information content (AvgIpc) is 1.61. The number of carbonyl (C=O) groups is 3. The minimum Gasteiger partial charge on any atom is -0.756 e. The first kappa shape index (κ1) is 82.6. The van der Waals surface area contributed by atoms with E-state index in [0.717, 1.165) is 68.1 Å². The van der Waals surface area contributed by atoms with E-state index in [0.29, 0.717) is 65.8 Å². The molecule has 16 rings (SSSR count). The zero-order chi connectivity index (χ0) is 80.4. The highest BCUT2D eigenvalue weighted by Gasteiger charge is 2.57. The topological polar surface area (TPSA) is 546 Å². The number of benzene rings is 3. The maximum Gasteiger partial charge on any atom is 0.320 e. The monoisotopic (exact) mass is 1650 g/mol. The van der Waals surface area contributed by atoms with Crippen molar-refractivity contribution in [3.63, 3.8) is 0 Å². The SMILES string of the molecule is CCCCCCNC(=O)Nc1ncnc2c1ncn2[C@@H]1O[C@H](COP(=O)([O-])O)C2OC(Cc3ccccc3)O[C@@H]21.CCNC(=O)Nc1ncnc2c1ncn2[C@@H]1O[C@H](COP(=O)([O-])O)C2OC(Cc3ccccc3)O[C@@H]21.O=C(Nc1ncnc2c1ncn2[C@@H]1O[C@H](COP(=O)([O-])O)C2OC(Cc3ccccc3)O[C@@H]21)NC1CCCC1. The summed E-state index contributed by atoms with van der Waals surface area (Å²) in [6.07, 6.45) is 6.93. The summed E-state index contributed by atoms with van der Waals surface area (Å²) in [6.45, 7) is 3.48. The molecule has 6 saturated heterocycles. The van der Waals surface area contributed by atoms with Gasteiger partial charge in [-0.25, -0.2) is 59.2 Å². The van der Waals surface area contributed by atoms with Gasteiger partial charge < -0.3 is 102 Å². The molecule has 1 saturated carbocycles. The van der Waals surface area contributed by atoms with E-state index in [2.05, 4.69) is 97.3 Å². The smallest absolute Gasteiger partial charge is 0.320 e. The lowest BCUT2D eigenvalue weighted by molar-refractivity contribution is -0.225. The molecule has 6 aromatic heterocycles. The van der Waals surface area contributed by atoms with Crippen LogP contribution in [0.15, 0.2) is 129 Å². The van der Waals surface area contributed by atoms with Crippen LogP contribution >= 0.6 is 23.5 Å². The molecule has 7 fully saturated rings. The van der Waals surface area contributed by atoms with E-state index in [1.807, 2.05) is 91.0 Å². The summed E-state index contributed by atoms with van der Waals surface area (Å²) in [5.74, 6) is 0.668. The Morgan fingerprint density at radius 1 is 0.443 bits per heavy atom. The van der Waals surface area contributed by atoms with E-state index in [1.165, 1.54) is 38.0 Å². The molecule has 616 valence electrons. The third-order valence-electron chi connectivity index (χ3n) is 19.6. The van der Waals surface area contributed by atoms with Crippen LogP contribution in [0, 0.1) is 0 Å². The fourth-order valence-corrected chi connectivity index (χ4v) is 15.5. The lowest BCUT2D eigenvalue weighted by Gasteiger charge is -2.23. The van der Waals surface area contributed by atoms with Gasteiger partial charge in [0.2, 0.25) is 0 Å². The number of nitrogens with one attached hydrogen (secondary N) is 6. The van der Waals surface area contributed by atoms with Crippen molar-refractivity contribution >= 4 is 92.5 Å². The van der Waals surface area contributed by atoms with Gasteiger partial charge in [-0.15, -0.1) is 0 Å². The molecule has 0 radical (unpaired) electrons. The molecular weight excluding hydrogens is 1570 g/mol. The van der Waals surface area contributed by atoms with Crippen molar-refractivity contribution in [2.24, 2.45) is 0 Å². The van der Waals surface area contributed by atoms with Crippen LogP contribution in [0.4, 0.5) is 31.8 Å². The van der Waals surface area contributed by atoms with Crippen molar-refractivity contribution in [1.29, 1.82) is 0 Å². The van der Waals surface area contributed by atoms with Gasteiger partial charge in [-0.2, -0.15) is 0 Å². The highest BCUT2D eigenvalue weighted by atomic mass is 31.2. The Bertz CT molecular complexity index is 4930. The number of hydrogen-bond acceptors (Lipinski definition) is 30. The van der Waals surface area contributed by atoms with Gasteiger partial charge in [-0.1, -0.05) is 130 Å². The Morgan fingerprint density at radius 2 is 0.783 bits per heavy atom. The number of carbonyl (C=O) groups excluding carboxylic acids is 3. The number of ether oxygens (including phenoxy) is 9. The predicted molar refractivity (Wildman–Crippen MR) is 394 cm³/mol. The van der Waals surface area contributed by atoms with E-state index in [4.69, 9.17) is 57.3 Å². The highest BCUT2D eigenvalue weighted by molar-refractivity contribution is 7.45. The Morgan fingerprint density at radius 3 is 1.12 bits per heavy atom. The molecule has 42 nitrogen and oxygen atoms in total. The van der Waals surface area contributed by atoms with Crippen molar-refractivity contribution < 1.29 is 114 Å². The first-order valence-corrected chi connectivity index (χ1v) is 41.7. The largest absolute Gasteiger partial charge is 0.756 e. The van der Waals surface area contributed by atoms with Crippen LogP contribution < -0.4 is 46.6 Å². The van der Waals surface area contributed by atoms with Crippen molar-refractivity contribution in [3.05, 3.63) is 146 Å². The number of amides is 6. The van der Waals surface area contributed by atoms with Gasteiger partial charge >= 0.3 is 18.1 Å². The summed E-state index contributed by atoms with van der Waals surface area (Å²) in [5.41, 5.74) is 5.09. The van der Waals surface area contributed by atoms with Crippen molar-refractivity contribution in [3.8, 4) is 0 Å². The van der Waals surface area contributed by atoms with Gasteiger partial charge in [0.15, 0.2) is 88.5 Å². The lowest BCUT2D eigenvalue weighted by Crippen LogP contribution is -2.36. The first-order chi connectivity index (χ1) is 55.5. The van der Waals surface area contributed by atoms with Gasteiger partial charge in [0.1, 0.15) is 73.9 Å². The molecule has 12 heterocycles. The molecule has 6 amide bonds. The Kier molecular flexibility index (Phi) is 26.7. The fraction of sp³-hybridized carbons (Fsp3) is 0.486. The molecule has 9 unspecified atom stereocenters. The Labute approximate surface area is 655 Å². The molecule has 9 aromatic rings. The van der Waals surface area contributed by atoms with Crippen LogP contribution in [0.25, 0.3) is 33.5 Å². The summed E-state index contributed by atoms with van der Waals surface area (Å²) in [6, 6.07) is 27.8. The molecule has 1 aliphatic carbocycles. The molecular formula is C70H84N18O24P3-3. The minimum atomic E-state index is -4.99. The second kappa shape index (κ2) is 37.1. The normalized spacial score (nSPS) is 27.0. The molecule has 6 aliphatic heterocycles. The van der Waals surface area contributed by atoms with Gasteiger partial charge in [0.25, 0.3) is 23.5 Å². The Hall–Kier alpha value is -8.91. The third-order valence-corrected chi connectivity index (χ3v) is 21.0. The number of phosphoric ester groups is 3. The van der Waals surface area contributed by atoms with Crippen LogP contribution in [0.5, 0.6) is 0 Å². The van der Waals surface area contributed by atoms with E-state index >= 15 is 0 Å². The summed E-state index contributed by atoms with van der Waals surface area (Å²) >= 11 is 0. The van der Waals surface area contributed by atoms with Crippen LogP contribution in [-0.2, 0) is 89.2 Å². The number of phosphoric acid groups is 3. The molecule has 0 bridgehead atoms. The molecule has 9 N–H and O–H groups in total. The maximum atomic E-state index is 12.5. The predicted octanol–water partition coefficient (Wildman–Crippen LogP) is 4.57. The van der Waals surface area contributed by atoms with Gasteiger partial charge in [0, 0.05) is 38.4 Å². The quantitative estimate of drug-likeness (QED) is 0.0239. The van der Waals surface area contributed by atoms with Gasteiger partial charge in [-0.3, -0.25) is 43.3 Å². The molecule has 0 spiro atoms. The summed E-state index contributed by atoms with van der Waals surface area (Å²) in [7, 11) is -15.0. The zero-order valence-electron chi connectivity index (χ0n) is 61.8.